The van der Waals surface area contributed by atoms with Gasteiger partial charge in [0, 0.05) is 6.04 Å². The highest BCUT2D eigenvalue weighted by Crippen LogP contribution is 2.40. The van der Waals surface area contributed by atoms with E-state index in [9.17, 15) is 0 Å². The molecular formula is C19H31NO. The Kier molecular flexibility index (Phi) is 5.69. The van der Waals surface area contributed by atoms with Crippen molar-refractivity contribution >= 4 is 0 Å². The van der Waals surface area contributed by atoms with Gasteiger partial charge in [-0.2, -0.15) is 0 Å². The predicted molar refractivity (Wildman–Crippen MR) is 90.3 cm³/mol. The van der Waals surface area contributed by atoms with E-state index >= 15 is 0 Å². The minimum Gasteiger partial charge on any atom is -0.496 e. The first-order valence-electron chi connectivity index (χ1n) is 8.41. The fourth-order valence-corrected chi connectivity index (χ4v) is 3.68. The molecule has 2 unspecified atom stereocenters. The summed E-state index contributed by atoms with van der Waals surface area (Å²) in [7, 11) is 1.76. The highest BCUT2D eigenvalue weighted by Gasteiger charge is 2.27. The van der Waals surface area contributed by atoms with E-state index in [1.165, 1.54) is 36.8 Å². The number of ether oxygens (including phenoxy) is 1. The first-order chi connectivity index (χ1) is 10.0. The van der Waals surface area contributed by atoms with E-state index in [1.54, 1.807) is 12.7 Å². The van der Waals surface area contributed by atoms with E-state index in [0.29, 0.717) is 12.0 Å². The van der Waals surface area contributed by atoms with Crippen molar-refractivity contribution in [1.29, 1.82) is 0 Å². The van der Waals surface area contributed by atoms with Gasteiger partial charge in [-0.15, -0.1) is 0 Å². The third kappa shape index (κ3) is 4.00. The predicted octanol–water partition coefficient (Wildman–Crippen LogP) is 4.58. The first kappa shape index (κ1) is 16.4. The highest BCUT2D eigenvalue weighted by molar-refractivity contribution is 5.43. The molecule has 1 fully saturated rings. The van der Waals surface area contributed by atoms with E-state index in [0.717, 1.165) is 18.2 Å². The largest absolute Gasteiger partial charge is 0.496 e. The number of aryl methyl sites for hydroxylation is 2. The van der Waals surface area contributed by atoms with Crippen LogP contribution < -0.4 is 10.1 Å². The summed E-state index contributed by atoms with van der Waals surface area (Å²) in [6.45, 7) is 10.0. The zero-order valence-electron chi connectivity index (χ0n) is 14.3. The zero-order chi connectivity index (χ0) is 15.4. The van der Waals surface area contributed by atoms with Crippen LogP contribution in [0.1, 0.15) is 62.1 Å². The molecule has 1 N–H and O–H groups in total. The number of hydrogen-bond donors (Lipinski definition) is 1. The van der Waals surface area contributed by atoms with Gasteiger partial charge in [-0.1, -0.05) is 32.8 Å². The maximum Gasteiger partial charge on any atom is 0.122 e. The van der Waals surface area contributed by atoms with Gasteiger partial charge in [0.25, 0.3) is 0 Å². The van der Waals surface area contributed by atoms with Crippen molar-refractivity contribution in [1.82, 2.24) is 5.32 Å². The third-order valence-electron chi connectivity index (χ3n) is 4.88. The molecule has 1 aliphatic rings. The quantitative estimate of drug-likeness (QED) is 0.856. The van der Waals surface area contributed by atoms with Gasteiger partial charge in [0.2, 0.25) is 0 Å². The molecular weight excluding hydrogens is 258 g/mol. The Bertz CT molecular complexity index is 467. The van der Waals surface area contributed by atoms with Crippen LogP contribution >= 0.6 is 0 Å². The Hall–Kier alpha value is -1.02. The standard InChI is InChI=1S/C19H31NO/c1-13(2)20-12-16-8-6-7-9-17(16)18-10-15(4)19(21-5)11-14(18)3/h10-11,13,16-17,20H,6-9,12H2,1-5H3. The topological polar surface area (TPSA) is 21.3 Å². The second-order valence-corrected chi connectivity index (χ2v) is 6.89. The molecule has 2 rings (SSSR count). The van der Waals surface area contributed by atoms with E-state index in [-0.39, 0.29) is 0 Å². The molecule has 21 heavy (non-hydrogen) atoms. The van der Waals surface area contributed by atoms with Crippen LogP contribution in [0.2, 0.25) is 0 Å². The van der Waals surface area contributed by atoms with E-state index in [4.69, 9.17) is 4.74 Å². The normalized spacial score (nSPS) is 22.6. The van der Waals surface area contributed by atoms with Gasteiger partial charge >= 0.3 is 0 Å². The fourth-order valence-electron chi connectivity index (χ4n) is 3.68. The van der Waals surface area contributed by atoms with Crippen molar-refractivity contribution in [3.63, 3.8) is 0 Å². The van der Waals surface area contributed by atoms with Gasteiger partial charge in [-0.05, 0) is 67.8 Å². The molecule has 0 heterocycles. The SMILES string of the molecule is COc1cc(C)c(C2CCCCC2CNC(C)C)cc1C. The van der Waals surface area contributed by atoms with Gasteiger partial charge in [0.1, 0.15) is 5.75 Å². The molecule has 1 saturated carbocycles. The summed E-state index contributed by atoms with van der Waals surface area (Å²) in [6, 6.07) is 5.16. The van der Waals surface area contributed by atoms with Crippen molar-refractivity contribution in [2.75, 3.05) is 13.7 Å². The molecule has 0 radical (unpaired) electrons. The Morgan fingerprint density at radius 1 is 1.14 bits per heavy atom. The lowest BCUT2D eigenvalue weighted by Gasteiger charge is -2.34. The third-order valence-corrected chi connectivity index (χ3v) is 4.88. The van der Waals surface area contributed by atoms with Crippen LogP contribution in [0, 0.1) is 19.8 Å². The summed E-state index contributed by atoms with van der Waals surface area (Å²) < 4.78 is 5.46. The molecule has 1 aromatic carbocycles. The summed E-state index contributed by atoms with van der Waals surface area (Å²) in [5.41, 5.74) is 4.20. The number of methoxy groups -OCH3 is 1. The van der Waals surface area contributed by atoms with Crippen molar-refractivity contribution in [2.24, 2.45) is 5.92 Å². The van der Waals surface area contributed by atoms with Gasteiger partial charge in [0.05, 0.1) is 7.11 Å². The molecule has 0 amide bonds. The van der Waals surface area contributed by atoms with Gasteiger partial charge < -0.3 is 10.1 Å². The summed E-state index contributed by atoms with van der Waals surface area (Å²) in [4.78, 5) is 0. The van der Waals surface area contributed by atoms with Gasteiger partial charge in [0.15, 0.2) is 0 Å². The van der Waals surface area contributed by atoms with Crippen LogP contribution in [0.25, 0.3) is 0 Å². The van der Waals surface area contributed by atoms with Gasteiger partial charge in [-0.25, -0.2) is 0 Å². The lowest BCUT2D eigenvalue weighted by Crippen LogP contribution is -2.33. The van der Waals surface area contributed by atoms with E-state index in [2.05, 4.69) is 45.1 Å². The average Bonchev–Trinajstić information content (AvgIpc) is 2.47. The minimum absolute atomic E-state index is 0.575. The van der Waals surface area contributed by atoms with Gasteiger partial charge in [-0.3, -0.25) is 0 Å². The molecule has 0 saturated heterocycles. The van der Waals surface area contributed by atoms with Crippen LogP contribution in [0.15, 0.2) is 12.1 Å². The number of benzene rings is 1. The molecule has 2 atom stereocenters. The van der Waals surface area contributed by atoms with E-state index < -0.39 is 0 Å². The molecule has 0 bridgehead atoms. The Morgan fingerprint density at radius 3 is 2.52 bits per heavy atom. The molecule has 1 aromatic rings. The van der Waals surface area contributed by atoms with Crippen LogP contribution in [0.5, 0.6) is 5.75 Å². The number of hydrogen-bond acceptors (Lipinski definition) is 2. The maximum atomic E-state index is 5.46. The van der Waals surface area contributed by atoms with Crippen LogP contribution in [-0.2, 0) is 0 Å². The van der Waals surface area contributed by atoms with Crippen molar-refractivity contribution in [2.45, 2.75) is 65.3 Å². The molecule has 118 valence electrons. The molecule has 1 aliphatic carbocycles. The molecule has 0 aliphatic heterocycles. The van der Waals surface area contributed by atoms with Crippen molar-refractivity contribution in [3.05, 3.63) is 28.8 Å². The fraction of sp³-hybridized carbons (Fsp3) is 0.684. The summed E-state index contributed by atoms with van der Waals surface area (Å²) in [5.74, 6) is 2.49. The molecule has 2 heteroatoms. The first-order valence-corrected chi connectivity index (χ1v) is 8.41. The second-order valence-electron chi connectivity index (χ2n) is 6.89. The van der Waals surface area contributed by atoms with Crippen molar-refractivity contribution in [3.8, 4) is 5.75 Å². The van der Waals surface area contributed by atoms with Crippen LogP contribution in [0.4, 0.5) is 0 Å². The Balaban J connectivity index is 2.22. The Labute approximate surface area is 130 Å². The number of nitrogens with one attached hydrogen (secondary N) is 1. The summed E-state index contributed by atoms with van der Waals surface area (Å²) in [6.07, 6.45) is 5.44. The Morgan fingerprint density at radius 2 is 1.86 bits per heavy atom. The lowest BCUT2D eigenvalue weighted by molar-refractivity contribution is 0.288. The average molecular weight is 289 g/mol. The van der Waals surface area contributed by atoms with Crippen LogP contribution in [-0.4, -0.2) is 19.7 Å². The molecule has 0 spiro atoms. The number of rotatable bonds is 5. The monoisotopic (exact) mass is 289 g/mol. The second kappa shape index (κ2) is 7.31. The molecule has 0 aromatic heterocycles. The maximum absolute atomic E-state index is 5.46. The van der Waals surface area contributed by atoms with Crippen LogP contribution in [0.3, 0.4) is 0 Å². The smallest absolute Gasteiger partial charge is 0.122 e. The van der Waals surface area contributed by atoms with Crippen molar-refractivity contribution < 1.29 is 4.74 Å². The minimum atomic E-state index is 0.575. The summed E-state index contributed by atoms with van der Waals surface area (Å²) in [5, 5.41) is 3.65. The highest BCUT2D eigenvalue weighted by atomic mass is 16.5. The summed E-state index contributed by atoms with van der Waals surface area (Å²) >= 11 is 0. The van der Waals surface area contributed by atoms with E-state index in [1.807, 2.05) is 0 Å². The molecule has 2 nitrogen and oxygen atoms in total. The zero-order valence-corrected chi connectivity index (χ0v) is 14.3. The lowest BCUT2D eigenvalue weighted by atomic mass is 9.74.